The molecule has 2 aromatic rings. The summed E-state index contributed by atoms with van der Waals surface area (Å²) in [6, 6.07) is 9.59. The van der Waals surface area contributed by atoms with Gasteiger partial charge in [0.2, 0.25) is 0 Å². The van der Waals surface area contributed by atoms with Crippen LogP contribution in [0.15, 0.2) is 48.2 Å². The Balaban J connectivity index is 1.67. The van der Waals surface area contributed by atoms with Crippen molar-refractivity contribution in [3.8, 4) is 0 Å². The summed E-state index contributed by atoms with van der Waals surface area (Å²) in [6.07, 6.45) is 4.35. The summed E-state index contributed by atoms with van der Waals surface area (Å²) in [5.41, 5.74) is 4.02. The van der Waals surface area contributed by atoms with Crippen LogP contribution in [0.5, 0.6) is 0 Å². The van der Waals surface area contributed by atoms with Crippen molar-refractivity contribution in [3.63, 3.8) is 0 Å². The quantitative estimate of drug-likeness (QED) is 0.913. The second-order valence-corrected chi connectivity index (χ2v) is 6.39. The zero-order valence-electron chi connectivity index (χ0n) is 13.8. The lowest BCUT2D eigenvalue weighted by molar-refractivity contribution is -0.113. The molecule has 1 aliphatic heterocycles. The van der Waals surface area contributed by atoms with E-state index in [1.54, 1.807) is 6.20 Å². The molecule has 24 heavy (non-hydrogen) atoms. The van der Waals surface area contributed by atoms with E-state index in [1.807, 2.05) is 43.3 Å². The summed E-state index contributed by atoms with van der Waals surface area (Å²) in [6.45, 7) is 5.45. The monoisotopic (exact) mass is 341 g/mol. The van der Waals surface area contributed by atoms with Crippen molar-refractivity contribution in [2.24, 2.45) is 0 Å². The molecule has 2 heterocycles. The number of pyridine rings is 1. The van der Waals surface area contributed by atoms with Gasteiger partial charge in [-0.2, -0.15) is 0 Å². The number of nitrogens with zero attached hydrogens (tertiary/aromatic N) is 2. The van der Waals surface area contributed by atoms with E-state index in [0.717, 1.165) is 23.6 Å². The molecule has 3 rings (SSSR count). The predicted molar refractivity (Wildman–Crippen MR) is 98.7 cm³/mol. The minimum atomic E-state index is -0.0370. The average Bonchev–Trinajstić information content (AvgIpc) is 2.59. The number of amides is 1. The molecule has 1 N–H and O–H groups in total. The normalized spacial score (nSPS) is 14.3. The molecule has 1 aromatic heterocycles. The lowest BCUT2D eigenvalue weighted by Gasteiger charge is -2.27. The van der Waals surface area contributed by atoms with Gasteiger partial charge in [0.1, 0.15) is 5.82 Å². The van der Waals surface area contributed by atoms with Gasteiger partial charge in [-0.25, -0.2) is 4.98 Å². The standard InChI is InChI=1S/C19H20ClN3O/c1-13-5-6-16(12-14(13)2)22-19(24)15-7-10-23(11-8-15)18-17(20)4-3-9-21-18/h3-7,9,12H,8,10-11H2,1-2H3,(H,22,24). The van der Waals surface area contributed by atoms with E-state index < -0.39 is 0 Å². The Labute approximate surface area is 147 Å². The Morgan fingerprint density at radius 2 is 2.08 bits per heavy atom. The van der Waals surface area contributed by atoms with Crippen LogP contribution in [-0.2, 0) is 4.79 Å². The average molecular weight is 342 g/mol. The molecule has 0 fully saturated rings. The van der Waals surface area contributed by atoms with Crippen LogP contribution in [0.25, 0.3) is 0 Å². The van der Waals surface area contributed by atoms with Crippen molar-refractivity contribution in [2.75, 3.05) is 23.3 Å². The fraction of sp³-hybridized carbons (Fsp3) is 0.263. The zero-order valence-corrected chi connectivity index (χ0v) is 14.6. The molecule has 0 saturated heterocycles. The van der Waals surface area contributed by atoms with Crippen LogP contribution in [0.3, 0.4) is 0 Å². The number of carbonyl (C=O) groups excluding carboxylic acids is 1. The molecule has 0 spiro atoms. The SMILES string of the molecule is Cc1ccc(NC(=O)C2=CCN(c3ncccc3Cl)CC2)cc1C. The fourth-order valence-corrected chi connectivity index (χ4v) is 2.95. The molecule has 0 aliphatic carbocycles. The maximum absolute atomic E-state index is 12.4. The van der Waals surface area contributed by atoms with Crippen LogP contribution in [0.2, 0.25) is 5.02 Å². The minimum Gasteiger partial charge on any atom is -0.351 e. The van der Waals surface area contributed by atoms with E-state index >= 15 is 0 Å². The van der Waals surface area contributed by atoms with E-state index in [9.17, 15) is 4.79 Å². The summed E-state index contributed by atoms with van der Waals surface area (Å²) in [4.78, 5) is 18.8. The molecule has 0 saturated carbocycles. The Morgan fingerprint density at radius 3 is 2.75 bits per heavy atom. The molecule has 1 aromatic carbocycles. The third-order valence-electron chi connectivity index (χ3n) is 4.30. The van der Waals surface area contributed by atoms with E-state index in [-0.39, 0.29) is 5.91 Å². The number of nitrogens with one attached hydrogen (secondary N) is 1. The first-order valence-corrected chi connectivity index (χ1v) is 8.35. The molecule has 0 radical (unpaired) electrons. The van der Waals surface area contributed by atoms with Crippen LogP contribution in [0.1, 0.15) is 17.5 Å². The molecular weight excluding hydrogens is 322 g/mol. The molecule has 1 aliphatic rings. The first-order chi connectivity index (χ1) is 11.5. The molecule has 124 valence electrons. The zero-order chi connectivity index (χ0) is 17.1. The second kappa shape index (κ2) is 7.05. The third kappa shape index (κ3) is 3.60. The molecule has 4 nitrogen and oxygen atoms in total. The largest absolute Gasteiger partial charge is 0.351 e. The molecular formula is C19H20ClN3O. The van der Waals surface area contributed by atoms with E-state index in [1.165, 1.54) is 11.1 Å². The summed E-state index contributed by atoms with van der Waals surface area (Å²) < 4.78 is 0. The van der Waals surface area contributed by atoms with Gasteiger partial charge >= 0.3 is 0 Å². The number of halogens is 1. The highest BCUT2D eigenvalue weighted by atomic mass is 35.5. The van der Waals surface area contributed by atoms with Gasteiger partial charge < -0.3 is 10.2 Å². The van der Waals surface area contributed by atoms with Crippen LogP contribution in [0, 0.1) is 13.8 Å². The van der Waals surface area contributed by atoms with Crippen molar-refractivity contribution in [2.45, 2.75) is 20.3 Å². The highest BCUT2D eigenvalue weighted by molar-refractivity contribution is 6.32. The Kier molecular flexibility index (Phi) is 4.86. The highest BCUT2D eigenvalue weighted by Crippen LogP contribution is 2.25. The molecule has 1 amide bonds. The molecule has 5 heteroatoms. The summed E-state index contributed by atoms with van der Waals surface area (Å²) in [5, 5.41) is 3.61. The van der Waals surface area contributed by atoms with Gasteiger partial charge in [-0.3, -0.25) is 4.79 Å². The number of anilines is 2. The van der Waals surface area contributed by atoms with Crippen molar-refractivity contribution in [1.82, 2.24) is 4.98 Å². The third-order valence-corrected chi connectivity index (χ3v) is 4.60. The second-order valence-electron chi connectivity index (χ2n) is 5.99. The maximum Gasteiger partial charge on any atom is 0.251 e. The predicted octanol–water partition coefficient (Wildman–Crippen LogP) is 4.13. The Morgan fingerprint density at radius 1 is 1.25 bits per heavy atom. The van der Waals surface area contributed by atoms with Crippen LogP contribution >= 0.6 is 11.6 Å². The first kappa shape index (κ1) is 16.5. The number of aromatic nitrogens is 1. The van der Waals surface area contributed by atoms with Gasteiger partial charge in [-0.05, 0) is 55.7 Å². The van der Waals surface area contributed by atoms with E-state index in [0.29, 0.717) is 18.0 Å². The first-order valence-electron chi connectivity index (χ1n) is 7.97. The topological polar surface area (TPSA) is 45.2 Å². The molecule has 0 bridgehead atoms. The number of benzene rings is 1. The lowest BCUT2D eigenvalue weighted by atomic mass is 10.1. The smallest absolute Gasteiger partial charge is 0.251 e. The lowest BCUT2D eigenvalue weighted by Crippen LogP contribution is -2.32. The molecule has 0 unspecified atom stereocenters. The van der Waals surface area contributed by atoms with Gasteiger partial charge in [-0.15, -0.1) is 0 Å². The number of hydrogen-bond acceptors (Lipinski definition) is 3. The van der Waals surface area contributed by atoms with Crippen molar-refractivity contribution in [3.05, 3.63) is 64.3 Å². The number of carbonyl (C=O) groups is 1. The van der Waals surface area contributed by atoms with Crippen LogP contribution in [-0.4, -0.2) is 24.0 Å². The van der Waals surface area contributed by atoms with Crippen molar-refractivity contribution in [1.29, 1.82) is 0 Å². The van der Waals surface area contributed by atoms with Gasteiger partial charge in [-0.1, -0.05) is 23.7 Å². The van der Waals surface area contributed by atoms with Crippen LogP contribution in [0.4, 0.5) is 11.5 Å². The summed E-state index contributed by atoms with van der Waals surface area (Å²) >= 11 is 6.19. The van der Waals surface area contributed by atoms with Gasteiger partial charge in [0.05, 0.1) is 5.02 Å². The van der Waals surface area contributed by atoms with Gasteiger partial charge in [0.25, 0.3) is 5.91 Å². The Hall–Kier alpha value is -2.33. The minimum absolute atomic E-state index is 0.0370. The van der Waals surface area contributed by atoms with Crippen molar-refractivity contribution < 1.29 is 4.79 Å². The number of hydrogen-bond donors (Lipinski definition) is 1. The van der Waals surface area contributed by atoms with Gasteiger partial charge in [0.15, 0.2) is 0 Å². The number of aryl methyl sites for hydroxylation is 2. The summed E-state index contributed by atoms with van der Waals surface area (Å²) in [7, 11) is 0. The highest BCUT2D eigenvalue weighted by Gasteiger charge is 2.19. The summed E-state index contributed by atoms with van der Waals surface area (Å²) in [5.74, 6) is 0.731. The van der Waals surface area contributed by atoms with E-state index in [4.69, 9.17) is 11.6 Å². The van der Waals surface area contributed by atoms with E-state index in [2.05, 4.69) is 22.1 Å². The fourth-order valence-electron chi connectivity index (χ4n) is 2.71. The number of rotatable bonds is 3. The molecule has 0 atom stereocenters. The van der Waals surface area contributed by atoms with Crippen LogP contribution < -0.4 is 10.2 Å². The van der Waals surface area contributed by atoms with Crippen molar-refractivity contribution >= 4 is 29.0 Å². The van der Waals surface area contributed by atoms with Gasteiger partial charge in [0, 0.05) is 30.5 Å². The Bertz CT molecular complexity index is 801. The maximum atomic E-state index is 12.4.